The normalized spacial score (nSPS) is 10.2. The molecular weight excluding hydrogens is 358 g/mol. The molecule has 0 aliphatic carbocycles. The van der Waals surface area contributed by atoms with Crippen molar-refractivity contribution in [1.82, 2.24) is 20.3 Å². The van der Waals surface area contributed by atoms with Crippen LogP contribution in [0.15, 0.2) is 61.1 Å². The van der Waals surface area contributed by atoms with Crippen molar-refractivity contribution in [2.45, 2.75) is 13.5 Å². The molecule has 0 bridgehead atoms. The lowest BCUT2D eigenvalue weighted by atomic mass is 10.2. The van der Waals surface area contributed by atoms with Gasteiger partial charge < -0.3 is 15.4 Å². The highest BCUT2D eigenvalue weighted by molar-refractivity contribution is 5.96. The van der Waals surface area contributed by atoms with Gasteiger partial charge in [0.15, 0.2) is 0 Å². The number of para-hydroxylation sites is 1. The van der Waals surface area contributed by atoms with Gasteiger partial charge in [-0.3, -0.25) is 9.78 Å². The van der Waals surface area contributed by atoms with Crippen molar-refractivity contribution in [3.05, 3.63) is 78.0 Å². The third-order valence-electron chi connectivity index (χ3n) is 3.73. The summed E-state index contributed by atoms with van der Waals surface area (Å²) in [6, 6.07) is 12.4. The Balaban J connectivity index is 1.65. The predicted octanol–water partition coefficient (Wildman–Crippen LogP) is 2.72. The van der Waals surface area contributed by atoms with Crippen molar-refractivity contribution in [1.29, 1.82) is 0 Å². The fourth-order valence-corrected chi connectivity index (χ4v) is 2.39. The Morgan fingerprint density at radius 1 is 1.00 bits per heavy atom. The van der Waals surface area contributed by atoms with Gasteiger partial charge in [0, 0.05) is 6.20 Å². The number of aromatic nitrogens is 3. The summed E-state index contributed by atoms with van der Waals surface area (Å²) in [5, 5.41) is 5.76. The molecule has 2 heterocycles. The van der Waals surface area contributed by atoms with Crippen LogP contribution in [0.25, 0.3) is 0 Å². The molecule has 8 heteroatoms. The smallest absolute Gasteiger partial charge is 0.340 e. The minimum Gasteiger partial charge on any atom is -0.462 e. The number of carbonyl (C=O) groups is 2. The van der Waals surface area contributed by atoms with Crippen LogP contribution in [-0.4, -0.2) is 33.4 Å². The summed E-state index contributed by atoms with van der Waals surface area (Å²) in [6.45, 7) is 2.33. The first kappa shape index (κ1) is 19.0. The van der Waals surface area contributed by atoms with E-state index in [1.807, 2.05) is 18.2 Å². The molecule has 3 aromatic rings. The van der Waals surface area contributed by atoms with Gasteiger partial charge in [0.25, 0.3) is 5.91 Å². The molecule has 0 saturated heterocycles. The van der Waals surface area contributed by atoms with E-state index in [1.54, 1.807) is 37.4 Å². The summed E-state index contributed by atoms with van der Waals surface area (Å²) >= 11 is 0. The van der Waals surface area contributed by atoms with Gasteiger partial charge in [0.1, 0.15) is 11.5 Å². The summed E-state index contributed by atoms with van der Waals surface area (Å²) < 4.78 is 5.05. The Morgan fingerprint density at radius 3 is 2.54 bits per heavy atom. The van der Waals surface area contributed by atoms with E-state index >= 15 is 0 Å². The van der Waals surface area contributed by atoms with E-state index in [1.165, 1.54) is 12.4 Å². The van der Waals surface area contributed by atoms with Gasteiger partial charge >= 0.3 is 5.97 Å². The van der Waals surface area contributed by atoms with Gasteiger partial charge in [0.2, 0.25) is 0 Å². The highest BCUT2D eigenvalue weighted by atomic mass is 16.5. The Bertz CT molecular complexity index is 946. The highest BCUT2D eigenvalue weighted by Gasteiger charge is 2.13. The first-order valence-corrected chi connectivity index (χ1v) is 8.70. The summed E-state index contributed by atoms with van der Waals surface area (Å²) in [5.74, 6) is -0.376. The highest BCUT2D eigenvalue weighted by Crippen LogP contribution is 2.20. The molecule has 0 radical (unpaired) electrons. The molecule has 0 unspecified atom stereocenters. The molecule has 0 atom stereocenters. The van der Waals surface area contributed by atoms with Crippen molar-refractivity contribution >= 4 is 23.4 Å². The first-order chi connectivity index (χ1) is 13.7. The minimum atomic E-state index is -0.427. The van der Waals surface area contributed by atoms with Crippen LogP contribution in [0, 0.1) is 0 Å². The zero-order valence-corrected chi connectivity index (χ0v) is 15.3. The van der Waals surface area contributed by atoms with Gasteiger partial charge in [-0.15, -0.1) is 0 Å². The second-order valence-corrected chi connectivity index (χ2v) is 5.68. The zero-order valence-electron chi connectivity index (χ0n) is 15.3. The van der Waals surface area contributed by atoms with Crippen LogP contribution >= 0.6 is 0 Å². The standard InChI is InChI=1S/C20H19N5O3/c1-2-28-20(27)15-8-3-4-9-16(15)25-18-13-22-17(12-23-18)19(26)24-11-14-7-5-6-10-21-14/h3-10,12-13H,2,11H2,1H3,(H,23,25)(H,24,26). The second kappa shape index (κ2) is 9.22. The molecular formula is C20H19N5O3. The van der Waals surface area contributed by atoms with Gasteiger partial charge in [-0.05, 0) is 31.2 Å². The number of pyridine rings is 1. The van der Waals surface area contributed by atoms with Crippen LogP contribution in [-0.2, 0) is 11.3 Å². The van der Waals surface area contributed by atoms with Gasteiger partial charge in [-0.2, -0.15) is 0 Å². The van der Waals surface area contributed by atoms with Crippen LogP contribution in [0.1, 0.15) is 33.5 Å². The molecule has 1 aromatic carbocycles. The lowest BCUT2D eigenvalue weighted by Gasteiger charge is -2.10. The molecule has 142 valence electrons. The van der Waals surface area contributed by atoms with Gasteiger partial charge in [-0.25, -0.2) is 14.8 Å². The number of ether oxygens (including phenoxy) is 1. The Morgan fingerprint density at radius 2 is 1.82 bits per heavy atom. The molecule has 0 fully saturated rings. The molecule has 0 saturated carbocycles. The SMILES string of the molecule is CCOC(=O)c1ccccc1Nc1cnc(C(=O)NCc2ccccn2)cn1. The summed E-state index contributed by atoms with van der Waals surface area (Å²) in [6.07, 6.45) is 4.45. The third-order valence-corrected chi connectivity index (χ3v) is 3.73. The topological polar surface area (TPSA) is 106 Å². The second-order valence-electron chi connectivity index (χ2n) is 5.68. The monoisotopic (exact) mass is 377 g/mol. The number of nitrogens with zero attached hydrogens (tertiary/aromatic N) is 3. The lowest BCUT2D eigenvalue weighted by molar-refractivity contribution is 0.0527. The Labute approximate surface area is 162 Å². The number of amides is 1. The molecule has 2 aromatic heterocycles. The van der Waals surface area contributed by atoms with Crippen LogP contribution < -0.4 is 10.6 Å². The maximum Gasteiger partial charge on any atom is 0.340 e. The average Bonchev–Trinajstić information content (AvgIpc) is 2.74. The minimum absolute atomic E-state index is 0.181. The van der Waals surface area contributed by atoms with E-state index in [0.717, 1.165) is 5.69 Å². The molecule has 0 aliphatic rings. The van der Waals surface area contributed by atoms with Crippen LogP contribution in [0.5, 0.6) is 0 Å². The summed E-state index contributed by atoms with van der Waals surface area (Å²) in [4.78, 5) is 36.7. The van der Waals surface area contributed by atoms with E-state index in [-0.39, 0.29) is 18.2 Å². The van der Waals surface area contributed by atoms with E-state index < -0.39 is 5.97 Å². The van der Waals surface area contributed by atoms with Crippen LogP contribution in [0.2, 0.25) is 0 Å². The van der Waals surface area contributed by atoms with Crippen molar-refractivity contribution in [3.63, 3.8) is 0 Å². The fraction of sp³-hybridized carbons (Fsp3) is 0.150. The first-order valence-electron chi connectivity index (χ1n) is 8.70. The third kappa shape index (κ3) is 4.88. The molecule has 0 spiro atoms. The number of benzene rings is 1. The molecule has 8 nitrogen and oxygen atoms in total. The van der Waals surface area contributed by atoms with E-state index in [9.17, 15) is 9.59 Å². The van der Waals surface area contributed by atoms with E-state index in [2.05, 4.69) is 25.6 Å². The van der Waals surface area contributed by atoms with Crippen molar-refractivity contribution in [2.75, 3.05) is 11.9 Å². The number of hydrogen-bond acceptors (Lipinski definition) is 7. The molecule has 1 amide bonds. The average molecular weight is 377 g/mol. The Kier molecular flexibility index (Phi) is 6.25. The van der Waals surface area contributed by atoms with Crippen molar-refractivity contribution in [3.8, 4) is 0 Å². The van der Waals surface area contributed by atoms with E-state index in [0.29, 0.717) is 23.6 Å². The lowest BCUT2D eigenvalue weighted by Crippen LogP contribution is -2.24. The predicted molar refractivity (Wildman–Crippen MR) is 103 cm³/mol. The maximum atomic E-state index is 12.2. The number of esters is 1. The molecule has 28 heavy (non-hydrogen) atoms. The molecule has 0 aliphatic heterocycles. The van der Waals surface area contributed by atoms with Crippen LogP contribution in [0.3, 0.4) is 0 Å². The van der Waals surface area contributed by atoms with E-state index in [4.69, 9.17) is 4.74 Å². The largest absolute Gasteiger partial charge is 0.462 e. The number of anilines is 2. The molecule has 2 N–H and O–H groups in total. The molecule has 3 rings (SSSR count). The number of rotatable bonds is 7. The van der Waals surface area contributed by atoms with Gasteiger partial charge in [-0.1, -0.05) is 18.2 Å². The van der Waals surface area contributed by atoms with Gasteiger partial charge in [0.05, 0.1) is 42.5 Å². The summed E-state index contributed by atoms with van der Waals surface area (Å²) in [5.41, 5.74) is 1.86. The Hall–Kier alpha value is -3.81. The number of nitrogens with one attached hydrogen (secondary N) is 2. The zero-order chi connectivity index (χ0) is 19.8. The maximum absolute atomic E-state index is 12.2. The quantitative estimate of drug-likeness (QED) is 0.610. The van der Waals surface area contributed by atoms with Crippen LogP contribution in [0.4, 0.5) is 11.5 Å². The number of hydrogen-bond donors (Lipinski definition) is 2. The fourth-order valence-electron chi connectivity index (χ4n) is 2.39. The van der Waals surface area contributed by atoms with Crippen molar-refractivity contribution in [2.24, 2.45) is 0 Å². The van der Waals surface area contributed by atoms with Crippen molar-refractivity contribution < 1.29 is 14.3 Å². The summed E-state index contributed by atoms with van der Waals surface area (Å²) in [7, 11) is 0. The number of carbonyl (C=O) groups excluding carboxylic acids is 2.